The third-order valence-electron chi connectivity index (χ3n) is 2.55. The Balaban J connectivity index is 2.28. The molecule has 1 aromatic heterocycles. The Kier molecular flexibility index (Phi) is 5.67. The Bertz CT molecular complexity index is 653. The van der Waals surface area contributed by atoms with E-state index in [1.165, 1.54) is 6.07 Å². The van der Waals surface area contributed by atoms with Gasteiger partial charge in [0, 0.05) is 11.4 Å². The van der Waals surface area contributed by atoms with Crippen LogP contribution in [0.5, 0.6) is 0 Å². The Morgan fingerprint density at radius 2 is 1.90 bits per heavy atom. The van der Waals surface area contributed by atoms with Crippen LogP contribution in [0.1, 0.15) is 13.3 Å². The van der Waals surface area contributed by atoms with Gasteiger partial charge in [0.25, 0.3) is 0 Å². The SMILES string of the molecule is CCCNc1nc(Sc2ccc(F)c(F)c2)c(Cl)cc1Cl. The maximum atomic E-state index is 13.2. The molecule has 1 heterocycles. The first-order valence-electron chi connectivity index (χ1n) is 6.24. The summed E-state index contributed by atoms with van der Waals surface area (Å²) < 4.78 is 26.1. The normalized spacial score (nSPS) is 10.7. The molecule has 1 N–H and O–H groups in total. The third kappa shape index (κ3) is 4.22. The second kappa shape index (κ2) is 7.29. The minimum atomic E-state index is -0.908. The summed E-state index contributed by atoms with van der Waals surface area (Å²) in [5.41, 5.74) is 0. The van der Waals surface area contributed by atoms with Crippen LogP contribution in [0.3, 0.4) is 0 Å². The van der Waals surface area contributed by atoms with Crippen molar-refractivity contribution < 1.29 is 8.78 Å². The van der Waals surface area contributed by atoms with E-state index in [0.29, 0.717) is 25.8 Å². The van der Waals surface area contributed by atoms with E-state index in [9.17, 15) is 8.78 Å². The zero-order chi connectivity index (χ0) is 15.4. The Morgan fingerprint density at radius 3 is 2.57 bits per heavy atom. The number of anilines is 1. The first-order chi connectivity index (χ1) is 10.0. The molecular formula is C14H12Cl2F2N2S. The summed E-state index contributed by atoms with van der Waals surface area (Å²) in [5.74, 6) is -1.28. The molecular weight excluding hydrogens is 337 g/mol. The van der Waals surface area contributed by atoms with Crippen molar-refractivity contribution in [1.29, 1.82) is 0 Å². The lowest BCUT2D eigenvalue weighted by Crippen LogP contribution is -2.03. The van der Waals surface area contributed by atoms with Gasteiger partial charge in [-0.2, -0.15) is 0 Å². The average molecular weight is 349 g/mol. The van der Waals surface area contributed by atoms with Gasteiger partial charge in [-0.25, -0.2) is 13.8 Å². The van der Waals surface area contributed by atoms with Gasteiger partial charge >= 0.3 is 0 Å². The molecule has 0 saturated heterocycles. The highest BCUT2D eigenvalue weighted by Crippen LogP contribution is 2.36. The van der Waals surface area contributed by atoms with Gasteiger partial charge in [0.1, 0.15) is 10.8 Å². The molecule has 0 amide bonds. The van der Waals surface area contributed by atoms with Gasteiger partial charge in [-0.3, -0.25) is 0 Å². The zero-order valence-electron chi connectivity index (χ0n) is 11.1. The standard InChI is InChI=1S/C14H12Cl2F2N2S/c1-2-5-19-13-9(15)7-10(16)14(20-13)21-8-3-4-11(17)12(18)6-8/h3-4,6-7H,2,5H2,1H3,(H,19,20). The van der Waals surface area contributed by atoms with Gasteiger partial charge in [-0.15, -0.1) is 0 Å². The number of pyridine rings is 1. The summed E-state index contributed by atoms with van der Waals surface area (Å²) in [6, 6.07) is 5.22. The number of aromatic nitrogens is 1. The molecule has 0 atom stereocenters. The largest absolute Gasteiger partial charge is 0.369 e. The zero-order valence-corrected chi connectivity index (χ0v) is 13.4. The van der Waals surface area contributed by atoms with Crippen LogP contribution < -0.4 is 5.32 Å². The second-order valence-corrected chi connectivity index (χ2v) is 6.09. The third-order valence-corrected chi connectivity index (χ3v) is 4.23. The summed E-state index contributed by atoms with van der Waals surface area (Å²) in [6.07, 6.45) is 0.923. The van der Waals surface area contributed by atoms with Crippen molar-refractivity contribution in [3.8, 4) is 0 Å². The maximum absolute atomic E-state index is 13.2. The molecule has 1 aromatic carbocycles. The molecule has 2 nitrogen and oxygen atoms in total. The van der Waals surface area contributed by atoms with Gasteiger partial charge in [0.15, 0.2) is 11.6 Å². The molecule has 0 radical (unpaired) electrons. The lowest BCUT2D eigenvalue weighted by molar-refractivity contribution is 0.506. The van der Waals surface area contributed by atoms with Crippen LogP contribution in [0.15, 0.2) is 34.2 Å². The lowest BCUT2D eigenvalue weighted by atomic mass is 10.3. The molecule has 0 fully saturated rings. The fraction of sp³-hybridized carbons (Fsp3) is 0.214. The molecule has 0 aliphatic rings. The summed E-state index contributed by atoms with van der Waals surface area (Å²) >= 11 is 13.3. The molecule has 112 valence electrons. The summed E-state index contributed by atoms with van der Waals surface area (Å²) in [5, 5.41) is 4.34. The smallest absolute Gasteiger partial charge is 0.159 e. The summed E-state index contributed by atoms with van der Waals surface area (Å²) in [7, 11) is 0. The molecule has 0 saturated carbocycles. The van der Waals surface area contributed by atoms with Gasteiger partial charge in [0.05, 0.1) is 10.0 Å². The molecule has 0 aliphatic heterocycles. The fourth-order valence-corrected chi connectivity index (χ4v) is 2.90. The number of benzene rings is 1. The van der Waals surface area contributed by atoms with Gasteiger partial charge in [-0.1, -0.05) is 41.9 Å². The van der Waals surface area contributed by atoms with Crippen LogP contribution in [0.25, 0.3) is 0 Å². The number of halogens is 4. The molecule has 0 aliphatic carbocycles. The van der Waals surface area contributed by atoms with E-state index in [-0.39, 0.29) is 0 Å². The number of rotatable bonds is 5. The van der Waals surface area contributed by atoms with E-state index in [0.717, 1.165) is 36.9 Å². The van der Waals surface area contributed by atoms with Crippen molar-refractivity contribution in [2.75, 3.05) is 11.9 Å². The van der Waals surface area contributed by atoms with E-state index in [1.807, 2.05) is 6.92 Å². The molecule has 2 rings (SSSR count). The van der Waals surface area contributed by atoms with Gasteiger partial charge < -0.3 is 5.32 Å². The number of hydrogen-bond donors (Lipinski definition) is 1. The van der Waals surface area contributed by atoms with E-state index < -0.39 is 11.6 Å². The minimum Gasteiger partial charge on any atom is -0.369 e. The Hall–Kier alpha value is -1.04. The Labute approximate surface area is 135 Å². The van der Waals surface area contributed by atoms with Crippen LogP contribution in [0.2, 0.25) is 10.0 Å². The van der Waals surface area contributed by atoms with E-state index >= 15 is 0 Å². The maximum Gasteiger partial charge on any atom is 0.159 e. The lowest BCUT2D eigenvalue weighted by Gasteiger charge is -2.10. The predicted molar refractivity (Wildman–Crippen MR) is 83.5 cm³/mol. The van der Waals surface area contributed by atoms with Crippen LogP contribution in [-0.2, 0) is 0 Å². The molecule has 21 heavy (non-hydrogen) atoms. The van der Waals surface area contributed by atoms with Gasteiger partial charge in [-0.05, 0) is 30.7 Å². The molecule has 0 unspecified atom stereocenters. The van der Waals surface area contributed by atoms with Crippen LogP contribution in [0, 0.1) is 11.6 Å². The molecule has 2 aromatic rings. The topological polar surface area (TPSA) is 24.9 Å². The van der Waals surface area contributed by atoms with Crippen molar-refractivity contribution in [1.82, 2.24) is 4.98 Å². The minimum absolute atomic E-state index is 0.358. The first-order valence-corrected chi connectivity index (χ1v) is 7.81. The quantitative estimate of drug-likeness (QED) is 0.756. The van der Waals surface area contributed by atoms with E-state index in [2.05, 4.69) is 10.3 Å². The predicted octanol–water partition coefficient (Wildman–Crippen LogP) is 5.64. The molecule has 0 spiro atoms. The number of nitrogens with one attached hydrogen (secondary N) is 1. The fourth-order valence-electron chi connectivity index (χ4n) is 1.54. The first kappa shape index (κ1) is 16.3. The van der Waals surface area contributed by atoms with Crippen LogP contribution in [0.4, 0.5) is 14.6 Å². The molecule has 7 heteroatoms. The highest BCUT2D eigenvalue weighted by atomic mass is 35.5. The van der Waals surface area contributed by atoms with Crippen molar-refractivity contribution in [3.63, 3.8) is 0 Å². The van der Waals surface area contributed by atoms with E-state index in [4.69, 9.17) is 23.2 Å². The highest BCUT2D eigenvalue weighted by molar-refractivity contribution is 7.99. The van der Waals surface area contributed by atoms with Crippen molar-refractivity contribution in [2.45, 2.75) is 23.3 Å². The number of nitrogens with zero attached hydrogens (tertiary/aromatic N) is 1. The summed E-state index contributed by atoms with van der Waals surface area (Å²) in [6.45, 7) is 2.75. The highest BCUT2D eigenvalue weighted by Gasteiger charge is 2.12. The molecule has 0 bridgehead atoms. The van der Waals surface area contributed by atoms with Crippen molar-refractivity contribution >= 4 is 40.8 Å². The van der Waals surface area contributed by atoms with E-state index in [1.54, 1.807) is 6.07 Å². The summed E-state index contributed by atoms with van der Waals surface area (Å²) in [4.78, 5) is 4.84. The Morgan fingerprint density at radius 1 is 1.14 bits per heavy atom. The van der Waals surface area contributed by atoms with Crippen molar-refractivity contribution in [3.05, 3.63) is 45.9 Å². The number of hydrogen-bond acceptors (Lipinski definition) is 3. The monoisotopic (exact) mass is 348 g/mol. The van der Waals surface area contributed by atoms with Crippen LogP contribution in [-0.4, -0.2) is 11.5 Å². The van der Waals surface area contributed by atoms with Crippen LogP contribution >= 0.6 is 35.0 Å². The van der Waals surface area contributed by atoms with Crippen molar-refractivity contribution in [2.24, 2.45) is 0 Å². The second-order valence-electron chi connectivity index (χ2n) is 4.21. The average Bonchev–Trinajstić information content (AvgIpc) is 2.44. The van der Waals surface area contributed by atoms with Gasteiger partial charge in [0.2, 0.25) is 0 Å².